The van der Waals surface area contributed by atoms with Crippen LogP contribution in [0.3, 0.4) is 0 Å². The zero-order valence-corrected chi connectivity index (χ0v) is 13.3. The van der Waals surface area contributed by atoms with Gasteiger partial charge in [0.1, 0.15) is 6.04 Å². The number of carbonyl (C=O) groups excluding carboxylic acids is 2. The Morgan fingerprint density at radius 3 is 2.29 bits per heavy atom. The molecule has 1 unspecified atom stereocenters. The summed E-state index contributed by atoms with van der Waals surface area (Å²) in [5.74, 6) is -0.226. The molecule has 5 nitrogen and oxygen atoms in total. The molecule has 1 aliphatic heterocycles. The number of nitrogens with zero attached hydrogens (tertiary/aromatic N) is 3. The lowest BCUT2D eigenvalue weighted by molar-refractivity contribution is -0.119. The number of imide groups is 1. The van der Waals surface area contributed by atoms with Crippen molar-refractivity contribution in [2.75, 3.05) is 11.4 Å². The van der Waals surface area contributed by atoms with E-state index in [4.69, 9.17) is 5.26 Å². The minimum atomic E-state index is -0.499. The number of amides is 3. The van der Waals surface area contributed by atoms with E-state index in [2.05, 4.69) is 0 Å². The molecule has 0 aliphatic carbocycles. The maximum absolute atomic E-state index is 12.8. The van der Waals surface area contributed by atoms with E-state index < -0.39 is 6.04 Å². The lowest BCUT2D eigenvalue weighted by Crippen LogP contribution is -2.36. The SMILES string of the molecule is CCN1C(=O)N(c2ccc(C#N)cc2)C(=O)C1Cc1ccccc1. The van der Waals surface area contributed by atoms with Gasteiger partial charge < -0.3 is 4.90 Å². The summed E-state index contributed by atoms with van der Waals surface area (Å²) < 4.78 is 0. The van der Waals surface area contributed by atoms with E-state index in [0.29, 0.717) is 24.2 Å². The minimum Gasteiger partial charge on any atom is -0.312 e. The molecule has 3 rings (SSSR count). The zero-order valence-electron chi connectivity index (χ0n) is 13.3. The first kappa shape index (κ1) is 15.8. The van der Waals surface area contributed by atoms with E-state index in [0.717, 1.165) is 5.56 Å². The van der Waals surface area contributed by atoms with Crippen LogP contribution in [0.5, 0.6) is 0 Å². The summed E-state index contributed by atoms with van der Waals surface area (Å²) >= 11 is 0. The Bertz CT molecular complexity index is 794. The van der Waals surface area contributed by atoms with Gasteiger partial charge in [0, 0.05) is 13.0 Å². The van der Waals surface area contributed by atoms with E-state index in [1.54, 1.807) is 29.2 Å². The summed E-state index contributed by atoms with van der Waals surface area (Å²) in [6, 6.07) is 17.4. The average Bonchev–Trinajstić information content (AvgIpc) is 2.86. The van der Waals surface area contributed by atoms with Crippen LogP contribution in [-0.2, 0) is 11.2 Å². The Kier molecular flexibility index (Phi) is 4.30. The van der Waals surface area contributed by atoms with Crippen molar-refractivity contribution in [3.63, 3.8) is 0 Å². The summed E-state index contributed by atoms with van der Waals surface area (Å²) in [6.45, 7) is 2.33. The van der Waals surface area contributed by atoms with Crippen LogP contribution in [0.15, 0.2) is 54.6 Å². The van der Waals surface area contributed by atoms with Crippen molar-refractivity contribution in [2.45, 2.75) is 19.4 Å². The molecule has 5 heteroatoms. The Labute approximate surface area is 140 Å². The van der Waals surface area contributed by atoms with Crippen LogP contribution in [0.4, 0.5) is 10.5 Å². The molecule has 2 aromatic rings. The van der Waals surface area contributed by atoms with Gasteiger partial charge >= 0.3 is 6.03 Å². The molecule has 0 saturated carbocycles. The molecule has 0 radical (unpaired) electrons. The maximum atomic E-state index is 12.8. The third-order valence-corrected chi connectivity index (χ3v) is 4.19. The highest BCUT2D eigenvalue weighted by atomic mass is 16.2. The molecular formula is C19H17N3O2. The average molecular weight is 319 g/mol. The summed E-state index contributed by atoms with van der Waals surface area (Å²) in [4.78, 5) is 28.3. The van der Waals surface area contributed by atoms with Gasteiger partial charge in [-0.05, 0) is 36.8 Å². The molecule has 3 amide bonds. The second kappa shape index (κ2) is 6.55. The Balaban J connectivity index is 1.90. The number of nitriles is 1. The topological polar surface area (TPSA) is 64.4 Å². The van der Waals surface area contributed by atoms with Gasteiger partial charge in [-0.2, -0.15) is 5.26 Å². The van der Waals surface area contributed by atoms with Crippen LogP contribution in [0.2, 0.25) is 0 Å². The first-order chi connectivity index (χ1) is 11.7. The van der Waals surface area contributed by atoms with Crippen molar-refractivity contribution in [2.24, 2.45) is 0 Å². The second-order valence-corrected chi connectivity index (χ2v) is 5.61. The molecule has 24 heavy (non-hydrogen) atoms. The Morgan fingerprint density at radius 1 is 1.04 bits per heavy atom. The van der Waals surface area contributed by atoms with Crippen molar-refractivity contribution in [3.8, 4) is 6.07 Å². The predicted octanol–water partition coefficient (Wildman–Crippen LogP) is 2.96. The van der Waals surface area contributed by atoms with Crippen LogP contribution in [0, 0.1) is 11.3 Å². The smallest absolute Gasteiger partial charge is 0.312 e. The molecular weight excluding hydrogens is 302 g/mol. The summed E-state index contributed by atoms with van der Waals surface area (Å²) in [7, 11) is 0. The monoisotopic (exact) mass is 319 g/mol. The summed E-state index contributed by atoms with van der Waals surface area (Å²) in [5, 5.41) is 8.88. The van der Waals surface area contributed by atoms with Crippen LogP contribution in [0.1, 0.15) is 18.1 Å². The minimum absolute atomic E-state index is 0.226. The molecule has 0 bridgehead atoms. The highest BCUT2D eigenvalue weighted by molar-refractivity contribution is 6.21. The predicted molar refractivity (Wildman–Crippen MR) is 90.4 cm³/mol. The quantitative estimate of drug-likeness (QED) is 0.814. The van der Waals surface area contributed by atoms with E-state index in [1.165, 1.54) is 4.90 Å². The molecule has 2 aromatic carbocycles. The fraction of sp³-hybridized carbons (Fsp3) is 0.211. The molecule has 1 atom stereocenters. The van der Waals surface area contributed by atoms with Gasteiger partial charge in [-0.1, -0.05) is 30.3 Å². The molecule has 1 fully saturated rings. The van der Waals surface area contributed by atoms with E-state index in [9.17, 15) is 9.59 Å². The molecule has 1 aliphatic rings. The lowest BCUT2D eigenvalue weighted by atomic mass is 10.0. The fourth-order valence-electron chi connectivity index (χ4n) is 2.95. The number of carbonyl (C=O) groups is 2. The maximum Gasteiger partial charge on any atom is 0.332 e. The number of hydrogen-bond donors (Lipinski definition) is 0. The summed E-state index contributed by atoms with van der Waals surface area (Å²) in [5.41, 5.74) is 2.01. The van der Waals surface area contributed by atoms with Gasteiger partial charge in [-0.25, -0.2) is 9.69 Å². The highest BCUT2D eigenvalue weighted by Gasteiger charge is 2.44. The number of benzene rings is 2. The standard InChI is InChI=1S/C19H17N3O2/c1-2-21-17(12-14-6-4-3-5-7-14)18(23)22(19(21)24)16-10-8-15(13-20)9-11-16/h3-11,17H,2,12H2,1H3. The van der Waals surface area contributed by atoms with Crippen molar-refractivity contribution in [3.05, 3.63) is 65.7 Å². The van der Waals surface area contributed by atoms with Crippen molar-refractivity contribution < 1.29 is 9.59 Å². The van der Waals surface area contributed by atoms with Gasteiger partial charge in [-0.15, -0.1) is 0 Å². The summed E-state index contributed by atoms with van der Waals surface area (Å²) in [6.07, 6.45) is 0.492. The molecule has 0 spiro atoms. The van der Waals surface area contributed by atoms with Crippen LogP contribution >= 0.6 is 0 Å². The van der Waals surface area contributed by atoms with Gasteiger partial charge in [0.15, 0.2) is 0 Å². The second-order valence-electron chi connectivity index (χ2n) is 5.61. The normalized spacial score (nSPS) is 17.2. The largest absolute Gasteiger partial charge is 0.332 e. The number of hydrogen-bond acceptors (Lipinski definition) is 3. The molecule has 1 heterocycles. The van der Waals surface area contributed by atoms with E-state index in [1.807, 2.05) is 43.3 Å². The number of urea groups is 1. The number of rotatable bonds is 4. The van der Waals surface area contributed by atoms with Gasteiger partial charge in [0.2, 0.25) is 0 Å². The molecule has 0 aromatic heterocycles. The Hall–Kier alpha value is -3.13. The third-order valence-electron chi connectivity index (χ3n) is 4.19. The number of anilines is 1. The van der Waals surface area contributed by atoms with Crippen molar-refractivity contribution in [1.82, 2.24) is 4.90 Å². The first-order valence-corrected chi connectivity index (χ1v) is 7.84. The first-order valence-electron chi connectivity index (χ1n) is 7.84. The van der Waals surface area contributed by atoms with Crippen molar-refractivity contribution in [1.29, 1.82) is 5.26 Å². The lowest BCUT2D eigenvalue weighted by Gasteiger charge is -2.19. The van der Waals surface area contributed by atoms with Gasteiger partial charge in [0.05, 0.1) is 17.3 Å². The van der Waals surface area contributed by atoms with Crippen LogP contribution in [-0.4, -0.2) is 29.4 Å². The van der Waals surface area contributed by atoms with E-state index in [-0.39, 0.29) is 11.9 Å². The molecule has 0 N–H and O–H groups in total. The third kappa shape index (κ3) is 2.74. The van der Waals surface area contributed by atoms with Crippen LogP contribution in [0.25, 0.3) is 0 Å². The molecule has 1 saturated heterocycles. The highest BCUT2D eigenvalue weighted by Crippen LogP contribution is 2.27. The van der Waals surface area contributed by atoms with Crippen LogP contribution < -0.4 is 4.90 Å². The fourth-order valence-corrected chi connectivity index (χ4v) is 2.95. The Morgan fingerprint density at radius 2 is 1.71 bits per heavy atom. The molecule has 120 valence electrons. The van der Waals surface area contributed by atoms with Gasteiger partial charge in [-0.3, -0.25) is 4.79 Å². The van der Waals surface area contributed by atoms with Crippen molar-refractivity contribution >= 4 is 17.6 Å². The number of likely N-dealkylation sites (N-methyl/N-ethyl adjacent to an activating group) is 1. The van der Waals surface area contributed by atoms with Gasteiger partial charge in [0.25, 0.3) is 5.91 Å². The van der Waals surface area contributed by atoms with E-state index >= 15 is 0 Å². The zero-order chi connectivity index (χ0) is 17.1.